The molecule has 0 radical (unpaired) electrons. The Balaban J connectivity index is 1.68. The van der Waals surface area contributed by atoms with Gasteiger partial charge >= 0.3 is 6.09 Å². The molecule has 1 heterocycles. The third-order valence-corrected chi connectivity index (χ3v) is 4.60. The average molecular weight is 401 g/mol. The molecule has 0 spiro atoms. The normalized spacial score (nSPS) is 16.0. The second kappa shape index (κ2) is 9.49. The van der Waals surface area contributed by atoms with Crippen molar-refractivity contribution in [1.82, 2.24) is 10.6 Å². The van der Waals surface area contributed by atoms with Crippen LogP contribution in [0.25, 0.3) is 11.1 Å². The number of benzene rings is 2. The van der Waals surface area contributed by atoms with E-state index in [0.717, 1.165) is 11.1 Å². The number of ether oxygens (including phenoxy) is 1. The summed E-state index contributed by atoms with van der Waals surface area (Å²) in [6, 6.07) is 12.1. The van der Waals surface area contributed by atoms with E-state index in [2.05, 4.69) is 10.6 Å². The topological polar surface area (TPSA) is 90.9 Å². The minimum Gasteiger partial charge on any atom is -0.442 e. The predicted octanol–water partition coefficient (Wildman–Crippen LogP) is 2.04. The van der Waals surface area contributed by atoms with Gasteiger partial charge in [0.1, 0.15) is 11.9 Å². The van der Waals surface area contributed by atoms with Gasteiger partial charge in [0.15, 0.2) is 0 Å². The summed E-state index contributed by atoms with van der Waals surface area (Å²) >= 11 is 0. The standard InChI is InChI=1S/C21H24FN3O4/c1-14(27)24-12-18-13-25(21(28)29-18)17-6-7-19(20(22)10-17)16-4-2-15(3-5-16)11-23-8-9-26/h2-7,10,18,23,26H,8-9,11-13H2,1H3,(H,24,27)/t18-/m0/s1. The Kier molecular flexibility index (Phi) is 6.79. The fourth-order valence-corrected chi connectivity index (χ4v) is 3.12. The predicted molar refractivity (Wildman–Crippen MR) is 107 cm³/mol. The van der Waals surface area contributed by atoms with E-state index in [0.29, 0.717) is 24.3 Å². The Morgan fingerprint density at radius 3 is 2.69 bits per heavy atom. The fourth-order valence-electron chi connectivity index (χ4n) is 3.12. The Bertz CT molecular complexity index is 873. The molecule has 0 aromatic heterocycles. The quantitative estimate of drug-likeness (QED) is 0.589. The first-order chi connectivity index (χ1) is 14.0. The molecule has 1 fully saturated rings. The zero-order valence-corrected chi connectivity index (χ0v) is 16.2. The van der Waals surface area contributed by atoms with Gasteiger partial charge in [-0.2, -0.15) is 0 Å². The van der Waals surface area contributed by atoms with Crippen LogP contribution in [0.4, 0.5) is 14.9 Å². The number of aliphatic hydroxyl groups is 1. The molecule has 1 saturated heterocycles. The van der Waals surface area contributed by atoms with Crippen molar-refractivity contribution in [3.05, 3.63) is 53.8 Å². The Hall–Kier alpha value is -2.97. The van der Waals surface area contributed by atoms with E-state index in [1.807, 2.05) is 24.3 Å². The second-order valence-electron chi connectivity index (χ2n) is 6.81. The van der Waals surface area contributed by atoms with Crippen molar-refractivity contribution >= 4 is 17.7 Å². The highest BCUT2D eigenvalue weighted by atomic mass is 19.1. The van der Waals surface area contributed by atoms with Gasteiger partial charge in [0.2, 0.25) is 5.91 Å². The highest BCUT2D eigenvalue weighted by molar-refractivity contribution is 5.90. The van der Waals surface area contributed by atoms with Gasteiger partial charge in [0.05, 0.1) is 25.4 Å². The molecule has 154 valence electrons. The van der Waals surface area contributed by atoms with Crippen LogP contribution in [0, 0.1) is 5.82 Å². The first-order valence-electron chi connectivity index (χ1n) is 9.41. The van der Waals surface area contributed by atoms with Crippen LogP contribution < -0.4 is 15.5 Å². The third kappa shape index (κ3) is 5.30. The highest BCUT2D eigenvalue weighted by Crippen LogP contribution is 2.29. The lowest BCUT2D eigenvalue weighted by Crippen LogP contribution is -2.33. The maximum atomic E-state index is 14.7. The van der Waals surface area contributed by atoms with E-state index in [4.69, 9.17) is 9.84 Å². The smallest absolute Gasteiger partial charge is 0.414 e. The van der Waals surface area contributed by atoms with Crippen molar-refractivity contribution in [2.24, 2.45) is 0 Å². The second-order valence-corrected chi connectivity index (χ2v) is 6.81. The number of cyclic esters (lactones) is 1. The summed E-state index contributed by atoms with van der Waals surface area (Å²) in [5, 5.41) is 14.5. The van der Waals surface area contributed by atoms with Gasteiger partial charge in [-0.05, 0) is 29.3 Å². The molecular formula is C21H24FN3O4. The van der Waals surface area contributed by atoms with Crippen LogP contribution in [0.3, 0.4) is 0 Å². The van der Waals surface area contributed by atoms with E-state index in [9.17, 15) is 14.0 Å². The van der Waals surface area contributed by atoms with Crippen LogP contribution >= 0.6 is 0 Å². The summed E-state index contributed by atoms with van der Waals surface area (Å²) < 4.78 is 20.0. The van der Waals surface area contributed by atoms with E-state index in [-0.39, 0.29) is 25.6 Å². The highest BCUT2D eigenvalue weighted by Gasteiger charge is 2.32. The Labute approximate surface area is 168 Å². The van der Waals surface area contributed by atoms with Crippen LogP contribution in [0.1, 0.15) is 12.5 Å². The molecular weight excluding hydrogens is 377 g/mol. The molecule has 2 aromatic rings. The van der Waals surface area contributed by atoms with Crippen molar-refractivity contribution in [3.63, 3.8) is 0 Å². The number of halogens is 1. The number of carbonyl (C=O) groups is 2. The molecule has 0 unspecified atom stereocenters. The molecule has 0 saturated carbocycles. The van der Waals surface area contributed by atoms with Crippen molar-refractivity contribution in [2.45, 2.75) is 19.6 Å². The van der Waals surface area contributed by atoms with Crippen LogP contribution in [0.15, 0.2) is 42.5 Å². The van der Waals surface area contributed by atoms with E-state index < -0.39 is 18.0 Å². The number of aliphatic hydroxyl groups excluding tert-OH is 1. The molecule has 1 atom stereocenters. The summed E-state index contributed by atoms with van der Waals surface area (Å²) in [6.45, 7) is 3.07. The zero-order chi connectivity index (χ0) is 20.8. The molecule has 1 aliphatic heterocycles. The summed E-state index contributed by atoms with van der Waals surface area (Å²) in [5.74, 6) is -0.642. The minimum absolute atomic E-state index is 0.0776. The van der Waals surface area contributed by atoms with Crippen LogP contribution in [0.5, 0.6) is 0 Å². The van der Waals surface area contributed by atoms with Gasteiger partial charge in [0, 0.05) is 25.6 Å². The van der Waals surface area contributed by atoms with Gasteiger partial charge < -0.3 is 20.5 Å². The number of nitrogens with zero attached hydrogens (tertiary/aromatic N) is 1. The maximum Gasteiger partial charge on any atom is 0.414 e. The Morgan fingerprint density at radius 2 is 2.03 bits per heavy atom. The van der Waals surface area contributed by atoms with Gasteiger partial charge in [-0.1, -0.05) is 24.3 Å². The lowest BCUT2D eigenvalue weighted by atomic mass is 10.0. The summed E-state index contributed by atoms with van der Waals surface area (Å²) in [6.07, 6.45) is -1.03. The zero-order valence-electron chi connectivity index (χ0n) is 16.2. The van der Waals surface area contributed by atoms with Gasteiger partial charge in [-0.3, -0.25) is 9.69 Å². The molecule has 8 heteroatoms. The molecule has 29 heavy (non-hydrogen) atoms. The number of hydrogen-bond donors (Lipinski definition) is 3. The maximum absolute atomic E-state index is 14.7. The van der Waals surface area contributed by atoms with E-state index in [1.165, 1.54) is 17.9 Å². The number of hydrogen-bond acceptors (Lipinski definition) is 5. The van der Waals surface area contributed by atoms with Gasteiger partial charge in [-0.15, -0.1) is 0 Å². The molecule has 1 aliphatic rings. The number of nitrogens with one attached hydrogen (secondary N) is 2. The number of carbonyl (C=O) groups excluding carboxylic acids is 2. The van der Waals surface area contributed by atoms with Crippen molar-refractivity contribution in [1.29, 1.82) is 0 Å². The first-order valence-corrected chi connectivity index (χ1v) is 9.41. The SMILES string of the molecule is CC(=O)NC[C@H]1CN(c2ccc(-c3ccc(CNCCO)cc3)c(F)c2)C(=O)O1. The number of amides is 2. The van der Waals surface area contributed by atoms with Crippen LogP contribution in [-0.2, 0) is 16.1 Å². The molecule has 7 nitrogen and oxygen atoms in total. The van der Waals surface area contributed by atoms with Gasteiger partial charge in [-0.25, -0.2) is 9.18 Å². The number of rotatable bonds is 8. The monoisotopic (exact) mass is 401 g/mol. The van der Waals surface area contributed by atoms with Crippen molar-refractivity contribution in [3.8, 4) is 11.1 Å². The molecule has 2 amide bonds. The fraction of sp³-hybridized carbons (Fsp3) is 0.333. The lowest BCUT2D eigenvalue weighted by molar-refractivity contribution is -0.119. The van der Waals surface area contributed by atoms with Crippen LogP contribution in [0.2, 0.25) is 0 Å². The minimum atomic E-state index is -0.563. The molecule has 3 rings (SSSR count). The van der Waals surface area contributed by atoms with Crippen molar-refractivity contribution in [2.75, 3.05) is 31.1 Å². The lowest BCUT2D eigenvalue weighted by Gasteiger charge is -2.15. The number of anilines is 1. The Morgan fingerprint density at radius 1 is 1.28 bits per heavy atom. The molecule has 3 N–H and O–H groups in total. The summed E-state index contributed by atoms with van der Waals surface area (Å²) in [7, 11) is 0. The van der Waals surface area contributed by atoms with Crippen molar-refractivity contribution < 1.29 is 23.8 Å². The summed E-state index contributed by atoms with van der Waals surface area (Å²) in [4.78, 5) is 24.5. The van der Waals surface area contributed by atoms with E-state index in [1.54, 1.807) is 12.1 Å². The summed E-state index contributed by atoms with van der Waals surface area (Å²) in [5.41, 5.74) is 2.61. The molecule has 0 aliphatic carbocycles. The third-order valence-electron chi connectivity index (χ3n) is 4.60. The molecule has 2 aromatic carbocycles. The largest absolute Gasteiger partial charge is 0.442 e. The first kappa shape index (κ1) is 20.8. The van der Waals surface area contributed by atoms with Crippen LogP contribution in [-0.4, -0.2) is 49.5 Å². The molecule has 0 bridgehead atoms. The average Bonchev–Trinajstić information content (AvgIpc) is 3.08. The van der Waals surface area contributed by atoms with Gasteiger partial charge in [0.25, 0.3) is 0 Å². The van der Waals surface area contributed by atoms with E-state index >= 15 is 0 Å².